The van der Waals surface area contributed by atoms with Crippen LogP contribution in [0.15, 0.2) is 0 Å². The van der Waals surface area contributed by atoms with E-state index >= 15 is 0 Å². The third kappa shape index (κ3) is 15.7. The fourth-order valence-corrected chi connectivity index (χ4v) is 4.25. The van der Waals surface area contributed by atoms with Gasteiger partial charge in [-0.3, -0.25) is 0 Å². The summed E-state index contributed by atoms with van der Waals surface area (Å²) in [4.78, 5) is 0. The van der Waals surface area contributed by atoms with Crippen LogP contribution < -0.4 is 0 Å². The van der Waals surface area contributed by atoms with Crippen LogP contribution in [0.2, 0.25) is 0 Å². The predicted molar refractivity (Wildman–Crippen MR) is 143 cm³/mol. The van der Waals surface area contributed by atoms with Crippen LogP contribution in [-0.4, -0.2) is 67.3 Å². The average Bonchev–Trinajstić information content (AvgIpc) is 2.73. The lowest BCUT2D eigenvalue weighted by atomic mass is 9.84. The third-order valence-electron chi connectivity index (χ3n) is 6.07. The SMILES string of the molecule is BrCCCCCCBr.CCC1(CO)COC1.CCC1(COCCCCCCBr)COC1. The lowest BCUT2D eigenvalue weighted by Gasteiger charge is -2.40. The van der Waals surface area contributed by atoms with E-state index < -0.39 is 0 Å². The Morgan fingerprint density at radius 2 is 1.10 bits per heavy atom. The van der Waals surface area contributed by atoms with E-state index in [0.717, 1.165) is 62.1 Å². The number of hydrogen-bond acceptors (Lipinski definition) is 4. The van der Waals surface area contributed by atoms with Gasteiger partial charge in [-0.25, -0.2) is 0 Å². The molecule has 0 amide bonds. The van der Waals surface area contributed by atoms with Crippen molar-refractivity contribution in [3.05, 3.63) is 0 Å². The Balaban J connectivity index is 0.000000477. The molecule has 0 aromatic carbocycles. The van der Waals surface area contributed by atoms with Gasteiger partial charge in [0.2, 0.25) is 0 Å². The van der Waals surface area contributed by atoms with Crippen molar-refractivity contribution in [3.8, 4) is 0 Å². The zero-order valence-corrected chi connectivity index (χ0v) is 24.7. The van der Waals surface area contributed by atoms with E-state index in [1.54, 1.807) is 0 Å². The van der Waals surface area contributed by atoms with Gasteiger partial charge in [0.05, 0.1) is 39.6 Å². The smallest absolute Gasteiger partial charge is 0.0566 e. The summed E-state index contributed by atoms with van der Waals surface area (Å²) in [7, 11) is 0. The lowest BCUT2D eigenvalue weighted by Crippen LogP contribution is -2.45. The molecule has 0 saturated carbocycles. The second-order valence-corrected chi connectivity index (χ2v) is 11.2. The number of aliphatic hydroxyl groups is 1. The maximum Gasteiger partial charge on any atom is 0.0566 e. The Morgan fingerprint density at radius 1 is 0.677 bits per heavy atom. The van der Waals surface area contributed by atoms with Crippen molar-refractivity contribution >= 4 is 47.8 Å². The number of halogens is 3. The van der Waals surface area contributed by atoms with Crippen LogP contribution in [0.5, 0.6) is 0 Å². The summed E-state index contributed by atoms with van der Waals surface area (Å²) < 4.78 is 15.9. The molecule has 1 N–H and O–H groups in total. The summed E-state index contributed by atoms with van der Waals surface area (Å²) in [5, 5.41) is 12.2. The van der Waals surface area contributed by atoms with Crippen molar-refractivity contribution in [2.45, 2.75) is 78.1 Å². The molecule has 0 atom stereocenters. The van der Waals surface area contributed by atoms with Crippen molar-refractivity contribution in [3.63, 3.8) is 0 Å². The van der Waals surface area contributed by atoms with Crippen LogP contribution in [0.25, 0.3) is 0 Å². The lowest BCUT2D eigenvalue weighted by molar-refractivity contribution is -0.150. The highest BCUT2D eigenvalue weighted by Crippen LogP contribution is 2.31. The molecule has 2 rings (SSSR count). The van der Waals surface area contributed by atoms with Gasteiger partial charge in [0.1, 0.15) is 0 Å². The molecule has 31 heavy (non-hydrogen) atoms. The van der Waals surface area contributed by atoms with E-state index in [0.29, 0.717) is 5.41 Å². The molecular formula is C24H47Br3O4. The van der Waals surface area contributed by atoms with Gasteiger partial charge < -0.3 is 19.3 Å². The van der Waals surface area contributed by atoms with E-state index in [-0.39, 0.29) is 12.0 Å². The molecule has 4 nitrogen and oxygen atoms in total. The van der Waals surface area contributed by atoms with E-state index in [2.05, 4.69) is 61.6 Å². The number of hydrogen-bond donors (Lipinski definition) is 1. The molecule has 2 heterocycles. The zero-order chi connectivity index (χ0) is 23.3. The fraction of sp³-hybridized carbons (Fsp3) is 1.00. The normalized spacial score (nSPS) is 18.0. The summed E-state index contributed by atoms with van der Waals surface area (Å²) >= 11 is 10.2. The molecule has 2 saturated heterocycles. The quantitative estimate of drug-likeness (QED) is 0.144. The van der Waals surface area contributed by atoms with E-state index in [1.165, 1.54) is 57.8 Å². The number of aliphatic hydroxyl groups excluding tert-OH is 1. The highest BCUT2D eigenvalue weighted by molar-refractivity contribution is 9.09. The predicted octanol–water partition coefficient (Wildman–Crippen LogP) is 7.13. The van der Waals surface area contributed by atoms with Crippen molar-refractivity contribution in [2.75, 3.05) is 62.2 Å². The van der Waals surface area contributed by atoms with E-state index in [1.807, 2.05) is 0 Å². The molecule has 7 heteroatoms. The minimum Gasteiger partial charge on any atom is -0.396 e. The molecule has 0 bridgehead atoms. The first-order valence-electron chi connectivity index (χ1n) is 12.1. The standard InChI is InChI=1S/C12H23BrO2.C6H12Br2.C6H12O2/c1-2-12(10-15-11-12)9-14-8-6-4-3-5-7-13;7-5-3-1-2-4-6-8;1-2-6(3-7)4-8-5-6/h2-11H2,1H3;1-6H2;7H,2-5H2,1H3. The number of alkyl halides is 3. The van der Waals surface area contributed by atoms with Crippen LogP contribution in [0.1, 0.15) is 78.1 Å². The second kappa shape index (κ2) is 21.8. The molecule has 0 aromatic rings. The first-order valence-corrected chi connectivity index (χ1v) is 15.5. The molecule has 188 valence electrons. The van der Waals surface area contributed by atoms with E-state index in [9.17, 15) is 0 Å². The molecular weight excluding hydrogens is 592 g/mol. The highest BCUT2D eigenvalue weighted by Gasteiger charge is 2.37. The Kier molecular flexibility index (Phi) is 22.7. The highest BCUT2D eigenvalue weighted by atomic mass is 79.9. The van der Waals surface area contributed by atoms with Crippen LogP contribution in [0.3, 0.4) is 0 Å². The number of unbranched alkanes of at least 4 members (excludes halogenated alkanes) is 6. The van der Waals surface area contributed by atoms with Crippen LogP contribution in [-0.2, 0) is 14.2 Å². The van der Waals surface area contributed by atoms with Crippen LogP contribution in [0.4, 0.5) is 0 Å². The van der Waals surface area contributed by atoms with Gasteiger partial charge in [-0.15, -0.1) is 0 Å². The first-order chi connectivity index (χ1) is 15.1. The minimum absolute atomic E-state index is 0.139. The van der Waals surface area contributed by atoms with Gasteiger partial charge in [0.25, 0.3) is 0 Å². The number of rotatable bonds is 16. The third-order valence-corrected chi connectivity index (χ3v) is 7.75. The number of ether oxygens (including phenoxy) is 3. The summed E-state index contributed by atoms with van der Waals surface area (Å²) in [5.74, 6) is 0. The van der Waals surface area contributed by atoms with Crippen LogP contribution >= 0.6 is 47.8 Å². The largest absolute Gasteiger partial charge is 0.396 e. The Labute approximate surface area is 217 Å². The summed E-state index contributed by atoms with van der Waals surface area (Å²) in [6.07, 6.45) is 12.7. The molecule has 0 aliphatic carbocycles. The average molecular weight is 639 g/mol. The molecule has 2 aliphatic heterocycles. The van der Waals surface area contributed by atoms with Crippen molar-refractivity contribution < 1.29 is 19.3 Å². The maximum absolute atomic E-state index is 8.76. The Morgan fingerprint density at radius 3 is 1.35 bits per heavy atom. The van der Waals surface area contributed by atoms with Crippen molar-refractivity contribution in [1.82, 2.24) is 0 Å². The van der Waals surface area contributed by atoms with Crippen LogP contribution in [0, 0.1) is 10.8 Å². The topological polar surface area (TPSA) is 47.9 Å². The van der Waals surface area contributed by atoms with Gasteiger partial charge >= 0.3 is 0 Å². The van der Waals surface area contributed by atoms with Gasteiger partial charge in [-0.2, -0.15) is 0 Å². The zero-order valence-electron chi connectivity index (χ0n) is 19.9. The Bertz CT molecular complexity index is 353. The summed E-state index contributed by atoms with van der Waals surface area (Å²) in [5.41, 5.74) is 0.496. The molecule has 0 radical (unpaired) electrons. The first kappa shape index (κ1) is 32.3. The molecule has 2 aliphatic rings. The van der Waals surface area contributed by atoms with Crippen molar-refractivity contribution in [1.29, 1.82) is 0 Å². The molecule has 0 aromatic heterocycles. The van der Waals surface area contributed by atoms with Gasteiger partial charge in [0.15, 0.2) is 0 Å². The maximum atomic E-state index is 8.76. The molecule has 0 spiro atoms. The monoisotopic (exact) mass is 636 g/mol. The summed E-state index contributed by atoms with van der Waals surface area (Å²) in [6.45, 7) is 9.69. The second-order valence-electron chi connectivity index (χ2n) is 8.80. The van der Waals surface area contributed by atoms with Crippen molar-refractivity contribution in [2.24, 2.45) is 10.8 Å². The van der Waals surface area contributed by atoms with Gasteiger partial charge in [-0.1, -0.05) is 87.3 Å². The molecule has 0 unspecified atom stereocenters. The summed E-state index contributed by atoms with van der Waals surface area (Å²) in [6, 6.07) is 0. The molecule has 2 fully saturated rings. The Hall–Kier alpha value is 1.28. The minimum atomic E-state index is 0.139. The van der Waals surface area contributed by atoms with Gasteiger partial charge in [0, 0.05) is 33.4 Å². The van der Waals surface area contributed by atoms with Gasteiger partial charge in [-0.05, 0) is 38.5 Å². The van der Waals surface area contributed by atoms with E-state index in [4.69, 9.17) is 19.3 Å². The fourth-order valence-electron chi connectivity index (χ4n) is 3.06.